The van der Waals surface area contributed by atoms with Crippen LogP contribution in [-0.2, 0) is 10.3 Å². The first kappa shape index (κ1) is 14.5. The minimum atomic E-state index is -0.356. The van der Waals surface area contributed by atoms with E-state index in [2.05, 4.69) is 20.8 Å². The number of aromatic nitrogens is 4. The molecule has 1 heterocycles. The summed E-state index contributed by atoms with van der Waals surface area (Å²) in [6.07, 6.45) is 11.5. The van der Waals surface area contributed by atoms with E-state index in [1.165, 1.54) is 25.7 Å². The lowest BCUT2D eigenvalue weighted by atomic mass is 9.80. The molecule has 1 aromatic rings. The van der Waals surface area contributed by atoms with Crippen molar-refractivity contribution in [2.24, 2.45) is 0 Å². The molecule has 116 valence electrons. The number of carbonyl (C=O) groups is 1. The SMILES string of the molecule is CC(=O)NC1(c2nnnn2C2CCCCC2)CCCCC1. The van der Waals surface area contributed by atoms with Crippen LogP contribution < -0.4 is 5.32 Å². The van der Waals surface area contributed by atoms with Crippen molar-refractivity contribution in [2.45, 2.75) is 82.7 Å². The second-order valence-corrected chi connectivity index (χ2v) is 6.56. The zero-order valence-corrected chi connectivity index (χ0v) is 12.8. The second kappa shape index (κ2) is 6.12. The molecule has 1 amide bonds. The van der Waals surface area contributed by atoms with Crippen LogP contribution in [0.4, 0.5) is 0 Å². The maximum atomic E-state index is 11.7. The summed E-state index contributed by atoms with van der Waals surface area (Å²) in [6.45, 7) is 1.59. The smallest absolute Gasteiger partial charge is 0.217 e. The van der Waals surface area contributed by atoms with Gasteiger partial charge in [0, 0.05) is 6.92 Å². The van der Waals surface area contributed by atoms with E-state index in [0.29, 0.717) is 6.04 Å². The normalized spacial score (nSPS) is 22.9. The van der Waals surface area contributed by atoms with E-state index in [1.807, 2.05) is 4.68 Å². The van der Waals surface area contributed by atoms with Crippen LogP contribution in [0.1, 0.15) is 83.0 Å². The molecule has 2 aliphatic carbocycles. The summed E-state index contributed by atoms with van der Waals surface area (Å²) in [6, 6.07) is 0.399. The highest BCUT2D eigenvalue weighted by molar-refractivity contribution is 5.74. The van der Waals surface area contributed by atoms with Crippen molar-refractivity contribution in [1.82, 2.24) is 25.5 Å². The molecule has 0 atom stereocenters. The molecule has 0 spiro atoms. The molecule has 0 bridgehead atoms. The fourth-order valence-corrected chi connectivity index (χ4v) is 3.98. The molecular weight excluding hydrogens is 266 g/mol. The van der Waals surface area contributed by atoms with Crippen molar-refractivity contribution in [1.29, 1.82) is 0 Å². The molecule has 6 nitrogen and oxygen atoms in total. The zero-order valence-electron chi connectivity index (χ0n) is 12.8. The minimum absolute atomic E-state index is 0.00935. The number of carbonyl (C=O) groups excluding carboxylic acids is 1. The molecule has 3 rings (SSSR count). The molecule has 2 aliphatic rings. The molecule has 1 N–H and O–H groups in total. The summed E-state index contributed by atoms with van der Waals surface area (Å²) in [5.41, 5.74) is -0.356. The zero-order chi connectivity index (χ0) is 14.7. The monoisotopic (exact) mass is 291 g/mol. The molecule has 0 unspecified atom stereocenters. The van der Waals surface area contributed by atoms with Crippen molar-refractivity contribution >= 4 is 5.91 Å². The van der Waals surface area contributed by atoms with E-state index < -0.39 is 0 Å². The van der Waals surface area contributed by atoms with Crippen LogP contribution in [0.15, 0.2) is 0 Å². The molecule has 0 aromatic carbocycles. The van der Waals surface area contributed by atoms with Gasteiger partial charge in [0.15, 0.2) is 5.82 Å². The number of nitrogens with zero attached hydrogens (tertiary/aromatic N) is 4. The van der Waals surface area contributed by atoms with Gasteiger partial charge in [-0.15, -0.1) is 5.10 Å². The maximum Gasteiger partial charge on any atom is 0.217 e. The highest BCUT2D eigenvalue weighted by Crippen LogP contribution is 2.38. The molecule has 2 saturated carbocycles. The van der Waals surface area contributed by atoms with Gasteiger partial charge in [0.25, 0.3) is 0 Å². The van der Waals surface area contributed by atoms with Crippen LogP contribution >= 0.6 is 0 Å². The van der Waals surface area contributed by atoms with E-state index in [-0.39, 0.29) is 11.4 Å². The second-order valence-electron chi connectivity index (χ2n) is 6.56. The molecule has 6 heteroatoms. The molecular formula is C15H25N5O. The highest BCUT2D eigenvalue weighted by Gasteiger charge is 2.40. The van der Waals surface area contributed by atoms with Gasteiger partial charge in [0.2, 0.25) is 5.91 Å². The number of hydrogen-bond acceptors (Lipinski definition) is 4. The first-order valence-corrected chi connectivity index (χ1v) is 8.28. The first-order valence-electron chi connectivity index (χ1n) is 8.28. The Morgan fingerprint density at radius 1 is 1.14 bits per heavy atom. The number of rotatable bonds is 3. The van der Waals surface area contributed by atoms with Crippen LogP contribution in [0, 0.1) is 0 Å². The Morgan fingerprint density at radius 2 is 1.81 bits per heavy atom. The van der Waals surface area contributed by atoms with Crippen LogP contribution in [-0.4, -0.2) is 26.1 Å². The van der Waals surface area contributed by atoms with Gasteiger partial charge in [-0.2, -0.15) is 0 Å². The number of amides is 1. The van der Waals surface area contributed by atoms with Crippen molar-refractivity contribution in [3.05, 3.63) is 5.82 Å². The van der Waals surface area contributed by atoms with Gasteiger partial charge in [-0.05, 0) is 36.1 Å². The Hall–Kier alpha value is -1.46. The quantitative estimate of drug-likeness (QED) is 0.928. The van der Waals surface area contributed by atoms with E-state index in [9.17, 15) is 4.79 Å². The van der Waals surface area contributed by atoms with E-state index in [4.69, 9.17) is 0 Å². The molecule has 1 aromatic heterocycles. The fourth-order valence-electron chi connectivity index (χ4n) is 3.98. The summed E-state index contributed by atoms with van der Waals surface area (Å²) in [4.78, 5) is 11.7. The Labute approximate surface area is 125 Å². The molecule has 0 aliphatic heterocycles. The predicted molar refractivity (Wildman–Crippen MR) is 78.5 cm³/mol. The third kappa shape index (κ3) is 2.94. The number of hydrogen-bond donors (Lipinski definition) is 1. The summed E-state index contributed by atoms with van der Waals surface area (Å²) >= 11 is 0. The minimum Gasteiger partial charge on any atom is -0.344 e. The van der Waals surface area contributed by atoms with Crippen LogP contribution in [0.3, 0.4) is 0 Å². The summed E-state index contributed by atoms with van der Waals surface area (Å²) in [7, 11) is 0. The van der Waals surface area contributed by atoms with Gasteiger partial charge in [0.1, 0.15) is 5.54 Å². The van der Waals surface area contributed by atoms with Gasteiger partial charge in [-0.25, -0.2) is 4.68 Å². The standard InChI is InChI=1S/C15H25N5O/c1-12(21)16-15(10-6-3-7-11-15)14-17-18-19-20(14)13-8-4-2-5-9-13/h13H,2-11H2,1H3,(H,16,21). The third-order valence-electron chi connectivity index (χ3n) is 4.96. The van der Waals surface area contributed by atoms with E-state index in [1.54, 1.807) is 6.92 Å². The Bertz CT molecular complexity index is 486. The van der Waals surface area contributed by atoms with Gasteiger partial charge in [-0.3, -0.25) is 4.79 Å². The Morgan fingerprint density at radius 3 is 2.48 bits per heavy atom. The van der Waals surface area contributed by atoms with Crippen molar-refractivity contribution in [2.75, 3.05) is 0 Å². The van der Waals surface area contributed by atoms with E-state index in [0.717, 1.165) is 44.3 Å². The van der Waals surface area contributed by atoms with Gasteiger partial charge >= 0.3 is 0 Å². The van der Waals surface area contributed by atoms with Crippen LogP contribution in [0.5, 0.6) is 0 Å². The van der Waals surface area contributed by atoms with Crippen molar-refractivity contribution in [3.63, 3.8) is 0 Å². The average molecular weight is 291 g/mol. The van der Waals surface area contributed by atoms with Gasteiger partial charge in [0.05, 0.1) is 6.04 Å². The van der Waals surface area contributed by atoms with Crippen molar-refractivity contribution in [3.8, 4) is 0 Å². The molecule has 2 fully saturated rings. The number of nitrogens with one attached hydrogen (secondary N) is 1. The summed E-state index contributed by atoms with van der Waals surface area (Å²) in [5, 5.41) is 15.7. The van der Waals surface area contributed by atoms with Crippen LogP contribution in [0.25, 0.3) is 0 Å². The lowest BCUT2D eigenvalue weighted by Gasteiger charge is -2.37. The summed E-state index contributed by atoms with van der Waals surface area (Å²) in [5.74, 6) is 0.888. The van der Waals surface area contributed by atoms with Crippen LogP contribution in [0.2, 0.25) is 0 Å². The van der Waals surface area contributed by atoms with E-state index >= 15 is 0 Å². The van der Waals surface area contributed by atoms with Gasteiger partial charge < -0.3 is 5.32 Å². The van der Waals surface area contributed by atoms with Crippen molar-refractivity contribution < 1.29 is 4.79 Å². The third-order valence-corrected chi connectivity index (χ3v) is 4.96. The van der Waals surface area contributed by atoms with Gasteiger partial charge in [-0.1, -0.05) is 38.5 Å². The lowest BCUT2D eigenvalue weighted by molar-refractivity contribution is -0.121. The highest BCUT2D eigenvalue weighted by atomic mass is 16.1. The molecule has 0 radical (unpaired) electrons. The Balaban J connectivity index is 1.92. The topological polar surface area (TPSA) is 72.7 Å². The lowest BCUT2D eigenvalue weighted by Crippen LogP contribution is -2.48. The number of tetrazole rings is 1. The molecule has 21 heavy (non-hydrogen) atoms. The first-order chi connectivity index (χ1) is 10.2. The largest absolute Gasteiger partial charge is 0.344 e. The predicted octanol–water partition coefficient (Wildman–Crippen LogP) is 2.47. The maximum absolute atomic E-state index is 11.7. The molecule has 0 saturated heterocycles. The fraction of sp³-hybridized carbons (Fsp3) is 0.867. The average Bonchev–Trinajstić information content (AvgIpc) is 2.98. The summed E-state index contributed by atoms with van der Waals surface area (Å²) < 4.78 is 2.01. The Kier molecular flexibility index (Phi) is 4.22.